The highest BCUT2D eigenvalue weighted by molar-refractivity contribution is 5.92. The number of benzene rings is 1. The van der Waals surface area contributed by atoms with Crippen LogP contribution in [0.15, 0.2) is 48.8 Å². The summed E-state index contributed by atoms with van der Waals surface area (Å²) in [7, 11) is 0. The van der Waals surface area contributed by atoms with E-state index in [1.807, 2.05) is 6.07 Å². The van der Waals surface area contributed by atoms with Crippen LogP contribution < -0.4 is 10.6 Å². The zero-order valence-electron chi connectivity index (χ0n) is 14.7. The number of hydrogen-bond donors (Lipinski definition) is 3. The topological polar surface area (TPSA) is 118 Å². The molecule has 2 aromatic rings. The lowest BCUT2D eigenvalue weighted by Gasteiger charge is -2.08. The Kier molecular flexibility index (Phi) is 7.92. The van der Waals surface area contributed by atoms with E-state index in [-0.39, 0.29) is 25.5 Å². The molecule has 0 saturated heterocycles. The molecule has 8 nitrogen and oxygen atoms in total. The maximum Gasteiger partial charge on any atom is 0.303 e. The van der Waals surface area contributed by atoms with Crippen molar-refractivity contribution >= 4 is 23.5 Å². The molecule has 142 valence electrons. The summed E-state index contributed by atoms with van der Waals surface area (Å²) in [5.74, 6) is -1.60. The van der Waals surface area contributed by atoms with E-state index >= 15 is 0 Å². The molecule has 0 unspecified atom stereocenters. The first-order valence-electron chi connectivity index (χ1n) is 8.37. The predicted molar refractivity (Wildman–Crippen MR) is 97.9 cm³/mol. The van der Waals surface area contributed by atoms with E-state index in [1.165, 1.54) is 0 Å². The number of ether oxygens (including phenoxy) is 1. The number of carbonyl (C=O) groups is 3. The van der Waals surface area contributed by atoms with Gasteiger partial charge in [0, 0.05) is 31.0 Å². The Morgan fingerprint density at radius 1 is 1.04 bits per heavy atom. The van der Waals surface area contributed by atoms with Crippen molar-refractivity contribution in [2.75, 3.05) is 18.5 Å². The number of hydrogen-bond acceptors (Lipinski definition) is 5. The lowest BCUT2D eigenvalue weighted by molar-refractivity contribution is -0.137. The smallest absolute Gasteiger partial charge is 0.303 e. The molecule has 3 N–H and O–H groups in total. The lowest BCUT2D eigenvalue weighted by Crippen LogP contribution is -2.29. The second-order valence-corrected chi connectivity index (χ2v) is 5.77. The Morgan fingerprint density at radius 3 is 2.56 bits per heavy atom. The normalized spacial score (nSPS) is 10.2. The summed E-state index contributed by atoms with van der Waals surface area (Å²) in [6.07, 6.45) is 3.70. The van der Waals surface area contributed by atoms with Crippen molar-refractivity contribution in [2.45, 2.75) is 19.4 Å². The molecule has 8 heteroatoms. The molecule has 1 aromatic heterocycles. The van der Waals surface area contributed by atoms with Crippen LogP contribution in [-0.4, -0.2) is 41.1 Å². The fourth-order valence-electron chi connectivity index (χ4n) is 2.24. The number of aryl methyl sites for hydroxylation is 1. The molecule has 0 atom stereocenters. The van der Waals surface area contributed by atoms with Crippen LogP contribution in [0.1, 0.15) is 17.5 Å². The Bertz CT molecular complexity index is 780. The first kappa shape index (κ1) is 20.1. The summed E-state index contributed by atoms with van der Waals surface area (Å²) >= 11 is 0. The molecule has 0 bridgehead atoms. The van der Waals surface area contributed by atoms with Crippen LogP contribution in [0.5, 0.6) is 0 Å². The molecular weight excluding hydrogens is 350 g/mol. The summed E-state index contributed by atoms with van der Waals surface area (Å²) in [6.45, 7) is -0.155. The molecule has 0 aliphatic rings. The van der Waals surface area contributed by atoms with Gasteiger partial charge in [-0.05, 0) is 35.7 Å². The van der Waals surface area contributed by atoms with Crippen LogP contribution >= 0.6 is 0 Å². The van der Waals surface area contributed by atoms with Crippen molar-refractivity contribution in [1.82, 2.24) is 10.3 Å². The molecule has 0 fully saturated rings. The van der Waals surface area contributed by atoms with Gasteiger partial charge in [-0.2, -0.15) is 0 Å². The van der Waals surface area contributed by atoms with E-state index in [0.29, 0.717) is 18.7 Å². The number of nitrogens with zero attached hydrogens (tertiary/aromatic N) is 1. The molecule has 27 heavy (non-hydrogen) atoms. The highest BCUT2D eigenvalue weighted by atomic mass is 16.5. The first-order valence-corrected chi connectivity index (χ1v) is 8.37. The number of amides is 2. The fraction of sp³-hybridized carbons (Fsp3) is 0.263. The van der Waals surface area contributed by atoms with Gasteiger partial charge in [-0.15, -0.1) is 0 Å². The maximum absolute atomic E-state index is 11.9. The van der Waals surface area contributed by atoms with Crippen LogP contribution in [0.25, 0.3) is 0 Å². The van der Waals surface area contributed by atoms with Gasteiger partial charge in [-0.3, -0.25) is 19.4 Å². The third-order valence-corrected chi connectivity index (χ3v) is 3.52. The largest absolute Gasteiger partial charge is 0.481 e. The number of carboxylic acid groups (broad SMARTS) is 1. The van der Waals surface area contributed by atoms with Crippen molar-refractivity contribution < 1.29 is 24.2 Å². The second kappa shape index (κ2) is 10.7. The van der Waals surface area contributed by atoms with E-state index in [4.69, 9.17) is 9.84 Å². The van der Waals surface area contributed by atoms with Gasteiger partial charge >= 0.3 is 5.97 Å². The Balaban J connectivity index is 1.67. The summed E-state index contributed by atoms with van der Waals surface area (Å²) in [5, 5.41) is 14.0. The van der Waals surface area contributed by atoms with Gasteiger partial charge in [0.25, 0.3) is 0 Å². The van der Waals surface area contributed by atoms with Crippen LogP contribution in [-0.2, 0) is 32.1 Å². The fourth-order valence-corrected chi connectivity index (χ4v) is 2.24. The number of anilines is 1. The summed E-state index contributed by atoms with van der Waals surface area (Å²) < 4.78 is 5.11. The molecule has 2 rings (SSSR count). The molecule has 1 heterocycles. The Hall–Kier alpha value is -3.26. The number of aromatic nitrogens is 1. The quantitative estimate of drug-likeness (QED) is 0.581. The van der Waals surface area contributed by atoms with Gasteiger partial charge in [0.2, 0.25) is 11.8 Å². The zero-order chi connectivity index (χ0) is 19.5. The van der Waals surface area contributed by atoms with Crippen LogP contribution in [0.3, 0.4) is 0 Å². The number of rotatable bonds is 10. The van der Waals surface area contributed by atoms with Crippen molar-refractivity contribution in [1.29, 1.82) is 0 Å². The van der Waals surface area contributed by atoms with Gasteiger partial charge in [-0.25, -0.2) is 0 Å². The van der Waals surface area contributed by atoms with E-state index in [1.54, 1.807) is 42.7 Å². The van der Waals surface area contributed by atoms with Crippen molar-refractivity contribution in [3.63, 3.8) is 0 Å². The van der Waals surface area contributed by atoms with Crippen molar-refractivity contribution in [2.24, 2.45) is 0 Å². The first-order chi connectivity index (χ1) is 13.0. The minimum atomic E-state index is -0.875. The van der Waals surface area contributed by atoms with Gasteiger partial charge in [0.15, 0.2) is 0 Å². The third kappa shape index (κ3) is 8.10. The van der Waals surface area contributed by atoms with Crippen molar-refractivity contribution in [3.8, 4) is 0 Å². The molecular formula is C19H21N3O5. The molecule has 1 aromatic carbocycles. The summed E-state index contributed by atoms with van der Waals surface area (Å²) in [4.78, 5) is 38.1. The standard InChI is InChI=1S/C19H21N3O5/c23-17(21-11-15-4-2-8-20-10-15)12-27-13-18(24)22-16-5-1-3-14(9-16)6-7-19(25)26/h1-5,8-10H,6-7,11-13H2,(H,21,23)(H,22,24)(H,25,26). The second-order valence-electron chi connectivity index (χ2n) is 5.77. The average molecular weight is 371 g/mol. The van der Waals surface area contributed by atoms with Gasteiger partial charge < -0.3 is 20.5 Å². The van der Waals surface area contributed by atoms with Gasteiger partial charge in [-0.1, -0.05) is 18.2 Å². The monoisotopic (exact) mass is 371 g/mol. The van der Waals surface area contributed by atoms with E-state index in [0.717, 1.165) is 11.1 Å². The number of carboxylic acids is 1. The number of pyridine rings is 1. The third-order valence-electron chi connectivity index (χ3n) is 3.52. The summed E-state index contributed by atoms with van der Waals surface area (Å²) in [6, 6.07) is 10.6. The SMILES string of the molecule is O=C(O)CCc1cccc(NC(=O)COCC(=O)NCc2cccnc2)c1. The number of carbonyl (C=O) groups excluding carboxylic acids is 2. The molecule has 0 saturated carbocycles. The molecule has 0 aliphatic carbocycles. The van der Waals surface area contributed by atoms with Crippen molar-refractivity contribution in [3.05, 3.63) is 59.9 Å². The van der Waals surface area contributed by atoms with E-state index < -0.39 is 11.9 Å². The van der Waals surface area contributed by atoms with E-state index in [2.05, 4.69) is 15.6 Å². The number of aliphatic carboxylic acids is 1. The number of nitrogens with one attached hydrogen (secondary N) is 2. The van der Waals surface area contributed by atoms with Crippen LogP contribution in [0.4, 0.5) is 5.69 Å². The Morgan fingerprint density at radius 2 is 1.81 bits per heavy atom. The molecule has 2 amide bonds. The average Bonchev–Trinajstić information content (AvgIpc) is 2.66. The minimum absolute atomic E-state index is 0.0225. The van der Waals surface area contributed by atoms with Gasteiger partial charge in [0.1, 0.15) is 13.2 Å². The highest BCUT2D eigenvalue weighted by Crippen LogP contribution is 2.12. The molecule has 0 spiro atoms. The van der Waals surface area contributed by atoms with Crippen LogP contribution in [0, 0.1) is 0 Å². The summed E-state index contributed by atoms with van der Waals surface area (Å²) in [5.41, 5.74) is 2.23. The van der Waals surface area contributed by atoms with E-state index in [9.17, 15) is 14.4 Å². The van der Waals surface area contributed by atoms with Crippen LogP contribution in [0.2, 0.25) is 0 Å². The lowest BCUT2D eigenvalue weighted by atomic mass is 10.1. The molecule has 0 radical (unpaired) electrons. The Labute approximate surface area is 156 Å². The highest BCUT2D eigenvalue weighted by Gasteiger charge is 2.07. The minimum Gasteiger partial charge on any atom is -0.481 e. The van der Waals surface area contributed by atoms with Gasteiger partial charge in [0.05, 0.1) is 0 Å². The predicted octanol–water partition coefficient (Wildman–Crippen LogP) is 1.37. The maximum atomic E-state index is 11.9. The zero-order valence-corrected chi connectivity index (χ0v) is 14.7. The molecule has 0 aliphatic heterocycles.